The van der Waals surface area contributed by atoms with Gasteiger partial charge in [0.25, 0.3) is 5.91 Å². The Balaban J connectivity index is 1.54. The summed E-state index contributed by atoms with van der Waals surface area (Å²) < 4.78 is 6.13. The second-order valence-electron chi connectivity index (χ2n) is 7.75. The highest BCUT2D eigenvalue weighted by molar-refractivity contribution is 9.10. The van der Waals surface area contributed by atoms with Gasteiger partial charge in [0.1, 0.15) is 12.1 Å². The summed E-state index contributed by atoms with van der Waals surface area (Å²) in [5.41, 5.74) is 1.56. The second-order valence-corrected chi connectivity index (χ2v) is 8.66. The lowest BCUT2D eigenvalue weighted by molar-refractivity contribution is -0.131. The molecule has 8 heteroatoms. The maximum Gasteiger partial charge on any atom is 0.325 e. The minimum absolute atomic E-state index is 0.0919. The third kappa shape index (κ3) is 3.63. The Kier molecular flexibility index (Phi) is 5.19. The van der Waals surface area contributed by atoms with Gasteiger partial charge < -0.3 is 9.84 Å². The van der Waals surface area contributed by atoms with Gasteiger partial charge in [0.15, 0.2) is 0 Å². The standard InChI is InChI=1S/C22H21BrN4O3/c1-13(2)14-7-9-15(10-8-14)19-24-18(30-26-19)12-27-20(28)22(3,25-21(27)29)16-5-4-6-17(23)11-16/h4-11,13H,12H2,1-3H3,(H,25,29)/t22-/m1/s1. The Morgan fingerprint density at radius 3 is 2.57 bits per heavy atom. The van der Waals surface area contributed by atoms with E-state index in [2.05, 4.69) is 45.2 Å². The number of urea groups is 1. The third-order valence-corrected chi connectivity index (χ3v) is 5.77. The van der Waals surface area contributed by atoms with Crippen molar-refractivity contribution in [1.82, 2.24) is 20.4 Å². The van der Waals surface area contributed by atoms with E-state index in [4.69, 9.17) is 4.52 Å². The van der Waals surface area contributed by atoms with E-state index in [0.29, 0.717) is 17.3 Å². The predicted molar refractivity (Wildman–Crippen MR) is 114 cm³/mol. The molecule has 1 aromatic heterocycles. The van der Waals surface area contributed by atoms with Crippen LogP contribution in [0.4, 0.5) is 4.79 Å². The Bertz CT molecular complexity index is 1110. The Morgan fingerprint density at radius 1 is 1.17 bits per heavy atom. The lowest BCUT2D eigenvalue weighted by atomic mass is 9.92. The van der Waals surface area contributed by atoms with Crippen molar-refractivity contribution in [1.29, 1.82) is 0 Å². The van der Waals surface area contributed by atoms with Crippen LogP contribution < -0.4 is 5.32 Å². The van der Waals surface area contributed by atoms with E-state index in [-0.39, 0.29) is 18.3 Å². The molecule has 2 aromatic carbocycles. The number of halogens is 1. The quantitative estimate of drug-likeness (QED) is 0.553. The summed E-state index contributed by atoms with van der Waals surface area (Å²) in [6.45, 7) is 5.85. The SMILES string of the molecule is CC(C)c1ccc(-c2noc(CN3C(=O)N[C@](C)(c4cccc(Br)c4)C3=O)n2)cc1. The molecule has 1 saturated heterocycles. The Morgan fingerprint density at radius 2 is 1.90 bits per heavy atom. The molecular weight excluding hydrogens is 448 g/mol. The molecule has 1 atom stereocenters. The largest absolute Gasteiger partial charge is 0.337 e. The first-order chi connectivity index (χ1) is 14.3. The second kappa shape index (κ2) is 7.68. The van der Waals surface area contributed by atoms with Gasteiger partial charge in [0, 0.05) is 10.0 Å². The summed E-state index contributed by atoms with van der Waals surface area (Å²) in [7, 11) is 0. The van der Waals surface area contributed by atoms with E-state index < -0.39 is 11.6 Å². The van der Waals surface area contributed by atoms with Crippen LogP contribution in [0.5, 0.6) is 0 Å². The number of hydrogen-bond donors (Lipinski definition) is 1. The molecule has 30 heavy (non-hydrogen) atoms. The topological polar surface area (TPSA) is 88.3 Å². The minimum atomic E-state index is -1.16. The van der Waals surface area contributed by atoms with Gasteiger partial charge in [-0.25, -0.2) is 4.79 Å². The molecule has 0 aliphatic carbocycles. The number of imide groups is 1. The van der Waals surface area contributed by atoms with E-state index in [1.165, 1.54) is 5.56 Å². The molecule has 7 nitrogen and oxygen atoms in total. The van der Waals surface area contributed by atoms with E-state index in [1.54, 1.807) is 13.0 Å². The molecule has 0 saturated carbocycles. The fourth-order valence-electron chi connectivity index (χ4n) is 3.42. The number of rotatable bonds is 5. The van der Waals surface area contributed by atoms with Crippen molar-refractivity contribution in [2.24, 2.45) is 0 Å². The van der Waals surface area contributed by atoms with Crippen LogP contribution >= 0.6 is 15.9 Å². The molecule has 3 aromatic rings. The van der Waals surface area contributed by atoms with Gasteiger partial charge in [0.05, 0.1) is 0 Å². The van der Waals surface area contributed by atoms with Crippen LogP contribution in [0.2, 0.25) is 0 Å². The van der Waals surface area contributed by atoms with Gasteiger partial charge in [-0.1, -0.05) is 71.3 Å². The summed E-state index contributed by atoms with van der Waals surface area (Å²) in [6, 6.07) is 14.7. The molecule has 0 unspecified atom stereocenters. The first kappa shape index (κ1) is 20.3. The summed E-state index contributed by atoms with van der Waals surface area (Å²) >= 11 is 3.40. The van der Waals surface area contributed by atoms with Crippen molar-refractivity contribution >= 4 is 27.9 Å². The number of nitrogens with one attached hydrogen (secondary N) is 1. The highest BCUT2D eigenvalue weighted by atomic mass is 79.9. The first-order valence-corrected chi connectivity index (χ1v) is 10.4. The number of carbonyl (C=O) groups is 2. The van der Waals surface area contributed by atoms with Gasteiger partial charge >= 0.3 is 6.03 Å². The molecule has 1 aliphatic heterocycles. The number of hydrogen-bond acceptors (Lipinski definition) is 5. The smallest absolute Gasteiger partial charge is 0.325 e. The van der Waals surface area contributed by atoms with Gasteiger partial charge in [0.2, 0.25) is 11.7 Å². The van der Waals surface area contributed by atoms with Crippen LogP contribution in [0.1, 0.15) is 43.7 Å². The molecule has 3 amide bonds. The zero-order valence-electron chi connectivity index (χ0n) is 16.8. The summed E-state index contributed by atoms with van der Waals surface area (Å²) in [5.74, 6) is 0.674. The van der Waals surface area contributed by atoms with Crippen molar-refractivity contribution in [3.63, 3.8) is 0 Å². The molecule has 1 aliphatic rings. The fourth-order valence-corrected chi connectivity index (χ4v) is 3.82. The summed E-state index contributed by atoms with van der Waals surface area (Å²) in [4.78, 5) is 31.1. The van der Waals surface area contributed by atoms with Crippen molar-refractivity contribution in [3.8, 4) is 11.4 Å². The van der Waals surface area contributed by atoms with E-state index in [1.807, 2.05) is 42.5 Å². The maximum atomic E-state index is 13.1. The highest BCUT2D eigenvalue weighted by Crippen LogP contribution is 2.31. The van der Waals surface area contributed by atoms with Crippen molar-refractivity contribution in [2.45, 2.75) is 38.8 Å². The predicted octanol–water partition coefficient (Wildman–Crippen LogP) is 4.59. The number of carbonyl (C=O) groups excluding carboxylic acids is 2. The molecule has 2 heterocycles. The van der Waals surface area contributed by atoms with Crippen molar-refractivity contribution in [2.75, 3.05) is 0 Å². The van der Waals surface area contributed by atoms with Crippen LogP contribution in [0, 0.1) is 0 Å². The van der Waals surface area contributed by atoms with Gasteiger partial charge in [-0.15, -0.1) is 0 Å². The van der Waals surface area contributed by atoms with Crippen molar-refractivity contribution in [3.05, 3.63) is 70.0 Å². The number of amides is 3. The monoisotopic (exact) mass is 468 g/mol. The van der Waals surface area contributed by atoms with Crippen molar-refractivity contribution < 1.29 is 14.1 Å². The third-order valence-electron chi connectivity index (χ3n) is 5.27. The molecular formula is C22H21BrN4O3. The van der Waals surface area contributed by atoms with Gasteiger partial charge in [-0.2, -0.15) is 4.98 Å². The maximum absolute atomic E-state index is 13.1. The van der Waals surface area contributed by atoms with Crippen LogP contribution in [-0.2, 0) is 16.9 Å². The summed E-state index contributed by atoms with van der Waals surface area (Å²) in [5, 5.41) is 6.77. The zero-order valence-corrected chi connectivity index (χ0v) is 18.4. The summed E-state index contributed by atoms with van der Waals surface area (Å²) in [6.07, 6.45) is 0. The first-order valence-electron chi connectivity index (χ1n) is 9.61. The molecule has 1 N–H and O–H groups in total. The molecule has 154 valence electrons. The molecule has 0 bridgehead atoms. The molecule has 0 radical (unpaired) electrons. The molecule has 1 fully saturated rings. The average molecular weight is 469 g/mol. The van der Waals surface area contributed by atoms with Crippen LogP contribution in [0.25, 0.3) is 11.4 Å². The average Bonchev–Trinajstić information content (AvgIpc) is 3.27. The molecule has 0 spiro atoms. The number of nitrogens with zero attached hydrogens (tertiary/aromatic N) is 3. The van der Waals surface area contributed by atoms with Crippen LogP contribution in [0.3, 0.4) is 0 Å². The lowest BCUT2D eigenvalue weighted by Crippen LogP contribution is -2.40. The van der Waals surface area contributed by atoms with E-state index >= 15 is 0 Å². The van der Waals surface area contributed by atoms with Gasteiger partial charge in [-0.3, -0.25) is 9.69 Å². The van der Waals surface area contributed by atoms with Crippen LogP contribution in [-0.4, -0.2) is 27.0 Å². The molecule has 4 rings (SSSR count). The Hall–Kier alpha value is -3.00. The highest BCUT2D eigenvalue weighted by Gasteiger charge is 2.49. The Labute approximate surface area is 182 Å². The normalized spacial score (nSPS) is 18.9. The van der Waals surface area contributed by atoms with Crippen LogP contribution in [0.15, 0.2) is 57.5 Å². The number of benzene rings is 2. The zero-order chi connectivity index (χ0) is 21.5. The number of aromatic nitrogens is 2. The van der Waals surface area contributed by atoms with Gasteiger partial charge in [-0.05, 0) is 36.1 Å². The fraction of sp³-hybridized carbons (Fsp3) is 0.273. The van der Waals surface area contributed by atoms with E-state index in [9.17, 15) is 9.59 Å². The van der Waals surface area contributed by atoms with E-state index in [0.717, 1.165) is 14.9 Å². The lowest BCUT2D eigenvalue weighted by Gasteiger charge is -2.22. The minimum Gasteiger partial charge on any atom is -0.337 e.